The molecule has 20 heavy (non-hydrogen) atoms. The fraction of sp³-hybridized carbons (Fsp3) is 0.462. The van der Waals surface area contributed by atoms with Crippen LogP contribution < -0.4 is 5.32 Å². The van der Waals surface area contributed by atoms with Crippen LogP contribution in [0, 0.1) is 5.92 Å². The van der Waals surface area contributed by atoms with Gasteiger partial charge in [0, 0.05) is 0 Å². The van der Waals surface area contributed by atoms with Crippen LogP contribution in [-0.4, -0.2) is 29.3 Å². The maximum atomic E-state index is 11.6. The van der Waals surface area contributed by atoms with Gasteiger partial charge in [-0.25, -0.2) is 0 Å². The molecule has 0 fully saturated rings. The van der Waals surface area contributed by atoms with Gasteiger partial charge in [-0.15, -0.1) is 0 Å². The molecule has 2 aromatic heterocycles. The van der Waals surface area contributed by atoms with Crippen molar-refractivity contribution < 1.29 is 18.5 Å². The number of hydrogen-bond donors (Lipinski definition) is 1. The molecule has 0 amide bonds. The number of nitrogens with zero attached hydrogens (tertiary/aromatic N) is 2. The molecule has 0 bridgehead atoms. The van der Waals surface area contributed by atoms with Gasteiger partial charge in [0.25, 0.3) is 0 Å². The van der Waals surface area contributed by atoms with Gasteiger partial charge in [-0.05, 0) is 18.1 Å². The Morgan fingerprint density at radius 3 is 2.90 bits per heavy atom. The first-order valence-electron chi connectivity index (χ1n) is 6.29. The van der Waals surface area contributed by atoms with E-state index in [1.54, 1.807) is 12.1 Å². The Morgan fingerprint density at radius 2 is 2.30 bits per heavy atom. The summed E-state index contributed by atoms with van der Waals surface area (Å²) < 4.78 is 15.0. The average Bonchev–Trinajstić information content (AvgIpc) is 3.08. The van der Waals surface area contributed by atoms with Gasteiger partial charge in [0.1, 0.15) is 6.04 Å². The first kappa shape index (κ1) is 14.3. The highest BCUT2D eigenvalue weighted by atomic mass is 16.5. The van der Waals surface area contributed by atoms with Crippen molar-refractivity contribution in [3.05, 3.63) is 24.3 Å². The van der Waals surface area contributed by atoms with Crippen molar-refractivity contribution in [2.45, 2.75) is 26.4 Å². The van der Waals surface area contributed by atoms with Gasteiger partial charge in [0.15, 0.2) is 5.76 Å². The van der Waals surface area contributed by atoms with Crippen LogP contribution in [0.15, 0.2) is 27.3 Å². The van der Waals surface area contributed by atoms with Crippen LogP contribution in [0.2, 0.25) is 0 Å². The summed E-state index contributed by atoms with van der Waals surface area (Å²) in [6, 6.07) is 3.07. The molecular formula is C13H17N3O4. The molecule has 1 N–H and O–H groups in total. The summed E-state index contributed by atoms with van der Waals surface area (Å²) in [5, 5.41) is 6.85. The van der Waals surface area contributed by atoms with Gasteiger partial charge in [0.05, 0.1) is 19.9 Å². The summed E-state index contributed by atoms with van der Waals surface area (Å²) in [7, 11) is 1.36. The number of aromatic nitrogens is 2. The zero-order valence-electron chi connectivity index (χ0n) is 11.6. The van der Waals surface area contributed by atoms with Gasteiger partial charge in [-0.1, -0.05) is 19.0 Å². The lowest BCUT2D eigenvalue weighted by molar-refractivity contribution is -0.144. The second-order valence-electron chi connectivity index (χ2n) is 4.61. The van der Waals surface area contributed by atoms with Crippen LogP contribution in [-0.2, 0) is 16.1 Å². The third kappa shape index (κ3) is 3.24. The molecule has 7 nitrogen and oxygen atoms in total. The summed E-state index contributed by atoms with van der Waals surface area (Å²) in [5.41, 5.74) is 0. The van der Waals surface area contributed by atoms with E-state index in [1.807, 2.05) is 13.8 Å². The number of ether oxygens (including phenoxy) is 1. The van der Waals surface area contributed by atoms with Gasteiger partial charge in [-0.2, -0.15) is 4.98 Å². The van der Waals surface area contributed by atoms with Crippen molar-refractivity contribution in [3.8, 4) is 11.6 Å². The Kier molecular flexibility index (Phi) is 4.52. The highest BCUT2D eigenvalue weighted by Gasteiger charge is 2.23. The van der Waals surface area contributed by atoms with E-state index in [1.165, 1.54) is 13.4 Å². The summed E-state index contributed by atoms with van der Waals surface area (Å²) in [6.07, 6.45) is 1.54. The maximum Gasteiger partial charge on any atom is 0.323 e. The van der Waals surface area contributed by atoms with Gasteiger partial charge < -0.3 is 13.7 Å². The van der Waals surface area contributed by atoms with E-state index in [9.17, 15) is 4.79 Å². The zero-order valence-corrected chi connectivity index (χ0v) is 11.6. The zero-order chi connectivity index (χ0) is 14.5. The Balaban J connectivity index is 1.98. The number of nitrogens with one attached hydrogen (secondary N) is 1. The van der Waals surface area contributed by atoms with Crippen LogP contribution in [0.3, 0.4) is 0 Å². The van der Waals surface area contributed by atoms with Crippen molar-refractivity contribution in [2.24, 2.45) is 5.92 Å². The van der Waals surface area contributed by atoms with Crippen LogP contribution >= 0.6 is 0 Å². The predicted octanol–water partition coefficient (Wildman–Crippen LogP) is 1.62. The molecule has 108 valence electrons. The summed E-state index contributed by atoms with van der Waals surface area (Å²) >= 11 is 0. The second kappa shape index (κ2) is 6.33. The molecule has 0 saturated carbocycles. The summed E-state index contributed by atoms with van der Waals surface area (Å²) in [6.45, 7) is 4.14. The normalized spacial score (nSPS) is 12.6. The van der Waals surface area contributed by atoms with E-state index in [-0.39, 0.29) is 18.4 Å². The Labute approximate surface area is 116 Å². The van der Waals surface area contributed by atoms with Crippen LogP contribution in [0.5, 0.6) is 0 Å². The number of carbonyl (C=O) groups excluding carboxylic acids is 1. The first-order chi connectivity index (χ1) is 9.61. The van der Waals surface area contributed by atoms with Crippen molar-refractivity contribution in [2.75, 3.05) is 7.11 Å². The molecule has 0 aliphatic rings. The Hall–Kier alpha value is -2.15. The molecule has 1 atom stereocenters. The number of rotatable bonds is 6. The third-order valence-electron chi connectivity index (χ3n) is 2.80. The topological polar surface area (TPSA) is 90.4 Å². The quantitative estimate of drug-likeness (QED) is 0.803. The minimum absolute atomic E-state index is 0.0925. The lowest BCUT2D eigenvalue weighted by atomic mass is 10.1. The average molecular weight is 279 g/mol. The molecule has 0 aromatic carbocycles. The van der Waals surface area contributed by atoms with Crippen molar-refractivity contribution in [1.29, 1.82) is 0 Å². The molecule has 7 heteroatoms. The number of hydrogen-bond acceptors (Lipinski definition) is 7. The van der Waals surface area contributed by atoms with Crippen molar-refractivity contribution in [1.82, 2.24) is 15.5 Å². The van der Waals surface area contributed by atoms with E-state index in [0.717, 1.165) is 0 Å². The monoisotopic (exact) mass is 279 g/mol. The molecule has 2 rings (SSSR count). The number of carbonyl (C=O) groups is 1. The SMILES string of the molecule is COC(=O)C(NCc1nc(-c2ccco2)no1)C(C)C. The maximum absolute atomic E-state index is 11.6. The highest BCUT2D eigenvalue weighted by molar-refractivity contribution is 5.75. The summed E-state index contributed by atoms with van der Waals surface area (Å²) in [5.74, 6) is 1.07. The lowest BCUT2D eigenvalue weighted by Crippen LogP contribution is -2.41. The van der Waals surface area contributed by atoms with Crippen molar-refractivity contribution >= 4 is 5.97 Å². The Morgan fingerprint density at radius 1 is 1.50 bits per heavy atom. The molecule has 0 aliphatic carbocycles. The summed E-state index contributed by atoms with van der Waals surface area (Å²) in [4.78, 5) is 15.8. The molecule has 0 radical (unpaired) electrons. The molecule has 2 aromatic rings. The fourth-order valence-electron chi connectivity index (χ4n) is 1.75. The van der Waals surface area contributed by atoms with Crippen molar-refractivity contribution in [3.63, 3.8) is 0 Å². The van der Waals surface area contributed by atoms with E-state index in [4.69, 9.17) is 13.7 Å². The van der Waals surface area contributed by atoms with Gasteiger partial charge >= 0.3 is 5.97 Å². The molecule has 0 spiro atoms. The van der Waals surface area contributed by atoms with E-state index < -0.39 is 6.04 Å². The van der Waals surface area contributed by atoms with Crippen LogP contribution in [0.1, 0.15) is 19.7 Å². The van der Waals surface area contributed by atoms with E-state index >= 15 is 0 Å². The standard InChI is InChI=1S/C13H17N3O4/c1-8(2)11(13(17)18-3)14-7-10-15-12(16-20-10)9-5-4-6-19-9/h4-6,8,11,14H,7H2,1-3H3. The number of methoxy groups -OCH3 is 1. The fourth-order valence-corrected chi connectivity index (χ4v) is 1.75. The predicted molar refractivity (Wildman–Crippen MR) is 69.5 cm³/mol. The second-order valence-corrected chi connectivity index (χ2v) is 4.61. The van der Waals surface area contributed by atoms with Crippen LogP contribution in [0.25, 0.3) is 11.6 Å². The largest absolute Gasteiger partial charge is 0.468 e. The number of furan rings is 1. The van der Waals surface area contributed by atoms with E-state index in [0.29, 0.717) is 17.5 Å². The minimum Gasteiger partial charge on any atom is -0.468 e. The highest BCUT2D eigenvalue weighted by Crippen LogP contribution is 2.15. The lowest BCUT2D eigenvalue weighted by Gasteiger charge is -2.18. The molecule has 0 saturated heterocycles. The molecule has 1 unspecified atom stereocenters. The van der Waals surface area contributed by atoms with Crippen LogP contribution in [0.4, 0.5) is 0 Å². The molecule has 2 heterocycles. The van der Waals surface area contributed by atoms with E-state index in [2.05, 4.69) is 15.5 Å². The molecule has 0 aliphatic heterocycles. The van der Waals surface area contributed by atoms with Gasteiger partial charge in [0.2, 0.25) is 11.7 Å². The molecular weight excluding hydrogens is 262 g/mol. The third-order valence-corrected chi connectivity index (χ3v) is 2.80. The first-order valence-corrected chi connectivity index (χ1v) is 6.29. The minimum atomic E-state index is -0.418. The number of esters is 1. The smallest absolute Gasteiger partial charge is 0.323 e. The van der Waals surface area contributed by atoms with Gasteiger partial charge in [-0.3, -0.25) is 10.1 Å². The Bertz CT molecular complexity index is 548.